The van der Waals surface area contributed by atoms with Gasteiger partial charge in [-0.3, -0.25) is 4.79 Å². The molecule has 2 aromatic carbocycles. The molecule has 2 N–H and O–H groups in total. The molecule has 0 spiro atoms. The minimum atomic E-state index is -0.118. The Morgan fingerprint density at radius 3 is 2.81 bits per heavy atom. The number of aromatic hydroxyl groups is 1. The van der Waals surface area contributed by atoms with Crippen molar-refractivity contribution in [2.45, 2.75) is 32.6 Å². The predicted molar refractivity (Wildman–Crippen MR) is 135 cm³/mol. The Kier molecular flexibility index (Phi) is 6.92. The predicted octanol–water partition coefficient (Wildman–Crippen LogP) is 6.34. The fraction of sp³-hybridized carbons (Fsp3) is 0.250. The number of hydrogen-bond donors (Lipinski definition) is 2. The third-order valence-corrected chi connectivity index (χ3v) is 7.12. The van der Waals surface area contributed by atoms with Crippen molar-refractivity contribution in [3.63, 3.8) is 0 Å². The number of nitrogens with one attached hydrogen (secondary N) is 1. The van der Waals surface area contributed by atoms with E-state index in [1.807, 2.05) is 43.3 Å². The van der Waals surface area contributed by atoms with E-state index in [2.05, 4.69) is 27.9 Å². The summed E-state index contributed by atoms with van der Waals surface area (Å²) < 4.78 is 6.22. The number of phenols is 1. The van der Waals surface area contributed by atoms with Crippen LogP contribution in [0.4, 0.5) is 10.7 Å². The summed E-state index contributed by atoms with van der Waals surface area (Å²) in [5.41, 5.74) is 3.39. The van der Waals surface area contributed by atoms with Crippen LogP contribution in [-0.4, -0.2) is 23.8 Å². The molecule has 160 valence electrons. The summed E-state index contributed by atoms with van der Waals surface area (Å²) in [6, 6.07) is 13.1. The highest BCUT2D eigenvalue weighted by Crippen LogP contribution is 2.40. The molecule has 7 heteroatoms. The van der Waals surface area contributed by atoms with E-state index in [1.165, 1.54) is 4.88 Å². The number of halogens is 1. The topological polar surface area (TPSA) is 70.9 Å². The first-order valence-electron chi connectivity index (χ1n) is 10.3. The van der Waals surface area contributed by atoms with E-state index in [1.54, 1.807) is 23.6 Å². The summed E-state index contributed by atoms with van der Waals surface area (Å²) >= 11 is 3.68. The van der Waals surface area contributed by atoms with Gasteiger partial charge in [0, 0.05) is 16.8 Å². The molecule has 0 saturated carbocycles. The highest BCUT2D eigenvalue weighted by molar-refractivity contribution is 14.1. The number of aryl methyl sites for hydroxylation is 1. The molecule has 1 aromatic heterocycles. The van der Waals surface area contributed by atoms with E-state index in [-0.39, 0.29) is 11.7 Å². The van der Waals surface area contributed by atoms with Crippen molar-refractivity contribution >= 4 is 56.7 Å². The van der Waals surface area contributed by atoms with Crippen molar-refractivity contribution in [3.05, 3.63) is 67.6 Å². The SMILES string of the molecule is CCOc1cc(C=Nc2sc3c(c2C(=O)Nc2ccccc2)CCCC3)cc(I)c1O. The highest BCUT2D eigenvalue weighted by atomic mass is 127. The van der Waals surface area contributed by atoms with Crippen LogP contribution >= 0.6 is 33.9 Å². The number of hydrogen-bond acceptors (Lipinski definition) is 5. The zero-order chi connectivity index (χ0) is 21.8. The van der Waals surface area contributed by atoms with Gasteiger partial charge in [0.2, 0.25) is 0 Å². The second-order valence-corrected chi connectivity index (χ2v) is 9.50. The van der Waals surface area contributed by atoms with E-state index < -0.39 is 0 Å². The first-order valence-corrected chi connectivity index (χ1v) is 12.2. The van der Waals surface area contributed by atoms with E-state index in [9.17, 15) is 9.90 Å². The van der Waals surface area contributed by atoms with Crippen LogP contribution in [0.5, 0.6) is 11.5 Å². The van der Waals surface area contributed by atoms with E-state index in [4.69, 9.17) is 9.73 Å². The first-order chi connectivity index (χ1) is 15.1. The maximum atomic E-state index is 13.2. The molecule has 1 aliphatic carbocycles. The van der Waals surface area contributed by atoms with E-state index in [0.717, 1.165) is 47.5 Å². The van der Waals surface area contributed by atoms with Crippen LogP contribution < -0.4 is 10.1 Å². The Morgan fingerprint density at radius 1 is 1.26 bits per heavy atom. The second kappa shape index (κ2) is 9.82. The molecule has 5 nitrogen and oxygen atoms in total. The number of benzene rings is 2. The van der Waals surface area contributed by atoms with Gasteiger partial charge in [0.25, 0.3) is 5.91 Å². The van der Waals surface area contributed by atoms with Crippen molar-refractivity contribution in [2.24, 2.45) is 4.99 Å². The molecule has 1 aliphatic rings. The first kappa shape index (κ1) is 21.8. The molecule has 0 atom stereocenters. The number of anilines is 1. The molecule has 1 amide bonds. The number of nitrogens with zero attached hydrogens (tertiary/aromatic N) is 1. The number of carbonyl (C=O) groups is 1. The van der Waals surface area contributed by atoms with Crippen molar-refractivity contribution in [2.75, 3.05) is 11.9 Å². The number of fused-ring (bicyclic) bond motifs is 1. The maximum Gasteiger partial charge on any atom is 0.259 e. The van der Waals surface area contributed by atoms with Crippen LogP contribution in [0.25, 0.3) is 0 Å². The smallest absolute Gasteiger partial charge is 0.259 e. The Hall–Kier alpha value is -2.39. The molecule has 31 heavy (non-hydrogen) atoms. The van der Waals surface area contributed by atoms with Crippen molar-refractivity contribution in [1.82, 2.24) is 0 Å². The minimum absolute atomic E-state index is 0.118. The maximum absolute atomic E-state index is 13.2. The standard InChI is InChI=1S/C24H23IN2O3S/c1-2-30-19-13-15(12-18(25)22(19)28)14-26-24-21(17-10-6-7-11-20(17)31-24)23(29)27-16-8-4-3-5-9-16/h3-5,8-9,12-14,28H,2,6-7,10-11H2,1H3,(H,27,29). The van der Waals surface area contributed by atoms with Gasteiger partial charge >= 0.3 is 0 Å². The van der Waals surface area contributed by atoms with Crippen molar-refractivity contribution < 1.29 is 14.6 Å². The van der Waals surface area contributed by atoms with Crippen molar-refractivity contribution in [1.29, 1.82) is 0 Å². The minimum Gasteiger partial charge on any atom is -0.504 e. The van der Waals surface area contributed by atoms with Gasteiger partial charge in [-0.15, -0.1) is 11.3 Å². The lowest BCUT2D eigenvalue weighted by Crippen LogP contribution is -2.14. The van der Waals surface area contributed by atoms with Crippen LogP contribution in [0, 0.1) is 3.57 Å². The lowest BCUT2D eigenvalue weighted by molar-refractivity contribution is 0.102. The average molecular weight is 546 g/mol. The van der Waals surface area contributed by atoms with Crippen molar-refractivity contribution in [3.8, 4) is 11.5 Å². The zero-order valence-corrected chi connectivity index (χ0v) is 20.1. The van der Waals surface area contributed by atoms with Gasteiger partial charge in [-0.05, 0) is 90.6 Å². The van der Waals surface area contributed by atoms with E-state index >= 15 is 0 Å². The fourth-order valence-corrected chi connectivity index (χ4v) is 5.51. The molecule has 0 aliphatic heterocycles. The van der Waals surface area contributed by atoms with Crippen LogP contribution in [0.1, 0.15) is 46.1 Å². The van der Waals surface area contributed by atoms with Gasteiger partial charge in [0.05, 0.1) is 15.7 Å². The van der Waals surface area contributed by atoms with Crippen LogP contribution in [0.3, 0.4) is 0 Å². The Balaban J connectivity index is 1.68. The monoisotopic (exact) mass is 546 g/mol. The Labute approximate surface area is 199 Å². The zero-order valence-electron chi connectivity index (χ0n) is 17.2. The molecule has 4 rings (SSSR count). The summed E-state index contributed by atoms with van der Waals surface area (Å²) in [6.07, 6.45) is 5.87. The number of phenolic OH excluding ortho intramolecular Hbond substituents is 1. The number of ether oxygens (including phenoxy) is 1. The molecule has 0 bridgehead atoms. The lowest BCUT2D eigenvalue weighted by atomic mass is 9.95. The van der Waals surface area contributed by atoms with Gasteiger partial charge in [-0.2, -0.15) is 0 Å². The van der Waals surface area contributed by atoms with Gasteiger partial charge in [0.1, 0.15) is 5.00 Å². The lowest BCUT2D eigenvalue weighted by Gasteiger charge is -2.12. The average Bonchev–Trinajstić information content (AvgIpc) is 3.15. The summed E-state index contributed by atoms with van der Waals surface area (Å²) in [5.74, 6) is 0.450. The van der Waals surface area contributed by atoms with Crippen LogP contribution in [-0.2, 0) is 12.8 Å². The van der Waals surface area contributed by atoms with Gasteiger partial charge in [0.15, 0.2) is 11.5 Å². The highest BCUT2D eigenvalue weighted by Gasteiger charge is 2.25. The molecule has 0 radical (unpaired) electrons. The van der Waals surface area contributed by atoms with Gasteiger partial charge in [-0.1, -0.05) is 18.2 Å². The third-order valence-electron chi connectivity index (χ3n) is 5.09. The molecule has 3 aromatic rings. The number of thiophene rings is 1. The number of para-hydroxylation sites is 1. The molecular formula is C24H23IN2O3S. The molecule has 0 fully saturated rings. The summed E-state index contributed by atoms with van der Waals surface area (Å²) in [4.78, 5) is 19.1. The Bertz CT molecular complexity index is 1130. The molecule has 0 unspecified atom stereocenters. The normalized spacial score (nSPS) is 13.2. The Morgan fingerprint density at radius 2 is 2.03 bits per heavy atom. The summed E-state index contributed by atoms with van der Waals surface area (Å²) in [6.45, 7) is 2.34. The third kappa shape index (κ3) is 4.93. The fourth-order valence-electron chi connectivity index (χ4n) is 3.66. The van der Waals surface area contributed by atoms with Crippen LogP contribution in [0.2, 0.25) is 0 Å². The number of rotatable bonds is 6. The van der Waals surface area contributed by atoms with Gasteiger partial charge < -0.3 is 15.2 Å². The summed E-state index contributed by atoms with van der Waals surface area (Å²) in [7, 11) is 0. The summed E-state index contributed by atoms with van der Waals surface area (Å²) in [5, 5.41) is 13.9. The van der Waals surface area contributed by atoms with Gasteiger partial charge in [-0.25, -0.2) is 4.99 Å². The number of carbonyl (C=O) groups excluding carboxylic acids is 1. The number of aliphatic imine (C=N–C) groups is 1. The van der Waals surface area contributed by atoms with E-state index in [0.29, 0.717) is 21.5 Å². The largest absolute Gasteiger partial charge is 0.504 e. The van der Waals surface area contributed by atoms with Crippen LogP contribution in [0.15, 0.2) is 47.5 Å². The molecular weight excluding hydrogens is 523 g/mol. The molecule has 1 heterocycles. The second-order valence-electron chi connectivity index (χ2n) is 7.25. The molecule has 0 saturated heterocycles. The number of amides is 1. The quantitative estimate of drug-likeness (QED) is 0.280.